The first-order chi connectivity index (χ1) is 5.95. The lowest BCUT2D eigenvalue weighted by atomic mass is 10.0. The molecule has 0 bridgehead atoms. The van der Waals surface area contributed by atoms with Gasteiger partial charge in [-0.05, 0) is 25.9 Å². The second kappa shape index (κ2) is 6.03. The molecule has 0 rings (SSSR count). The van der Waals surface area contributed by atoms with Gasteiger partial charge in [-0.15, -0.1) is 0 Å². The Hall–Kier alpha value is -0.505. The summed E-state index contributed by atoms with van der Waals surface area (Å²) in [7, 11) is 0.820. The van der Waals surface area contributed by atoms with Crippen LogP contribution in [0.5, 0.6) is 0 Å². The Labute approximate surface area is 82.9 Å². The molecule has 76 valence electrons. The fraction of sp³-hybridized carbons (Fsp3) is 0.889. The van der Waals surface area contributed by atoms with E-state index in [9.17, 15) is 0 Å². The molecule has 0 aliphatic carbocycles. The molecule has 0 spiro atoms. The van der Waals surface area contributed by atoms with Crippen LogP contribution in [0.1, 0.15) is 41.5 Å². The maximum Gasteiger partial charge on any atom is 0.339 e. The highest BCUT2D eigenvalue weighted by Crippen LogP contribution is 2.00. The summed E-state index contributed by atoms with van der Waals surface area (Å²) in [5.41, 5.74) is 1.06. The van der Waals surface area contributed by atoms with Crippen molar-refractivity contribution >= 4 is 13.3 Å². The van der Waals surface area contributed by atoms with Crippen molar-refractivity contribution < 1.29 is 0 Å². The zero-order chi connectivity index (χ0) is 10.4. The number of nitrogens with zero attached hydrogens (tertiary/aromatic N) is 2. The summed E-state index contributed by atoms with van der Waals surface area (Å²) < 4.78 is 0. The van der Waals surface area contributed by atoms with Crippen molar-refractivity contribution in [2.75, 3.05) is 0 Å². The molecule has 0 unspecified atom stereocenters. The Morgan fingerprint density at radius 3 is 1.92 bits per heavy atom. The van der Waals surface area contributed by atoms with Crippen LogP contribution in [0.15, 0.2) is 5.10 Å². The van der Waals surface area contributed by atoms with Crippen LogP contribution in [0.4, 0.5) is 0 Å². The minimum atomic E-state index is 0.555. The predicted octanol–water partition coefficient (Wildman–Crippen LogP) is 1.36. The first kappa shape index (κ1) is 12.5. The minimum Gasteiger partial charge on any atom is -0.339 e. The lowest BCUT2D eigenvalue weighted by molar-refractivity contribution is 0.308. The molecule has 0 aliphatic heterocycles. The summed E-state index contributed by atoms with van der Waals surface area (Å²) in [6, 6.07) is 1.11. The van der Waals surface area contributed by atoms with Gasteiger partial charge < -0.3 is 10.1 Å². The molecular weight excluding hydrogens is 161 g/mol. The van der Waals surface area contributed by atoms with Crippen LogP contribution in [0.25, 0.3) is 0 Å². The molecular formula is C9H22BN3. The van der Waals surface area contributed by atoms with Gasteiger partial charge in [0.15, 0.2) is 0 Å². The molecule has 0 aliphatic rings. The number of hydrogen-bond acceptors (Lipinski definition) is 3. The topological polar surface area (TPSA) is 27.6 Å². The normalized spacial score (nSPS) is 10.8. The van der Waals surface area contributed by atoms with Gasteiger partial charge in [-0.1, -0.05) is 27.7 Å². The molecule has 0 aromatic rings. The SMILES string of the molecule is CC(C)=NNBN(C(C)C)C(C)C. The van der Waals surface area contributed by atoms with Crippen LogP contribution in [-0.2, 0) is 0 Å². The number of rotatable bonds is 5. The smallest absolute Gasteiger partial charge is 0.339 e. The van der Waals surface area contributed by atoms with Gasteiger partial charge in [0.05, 0.1) is 0 Å². The van der Waals surface area contributed by atoms with Crippen LogP contribution < -0.4 is 5.34 Å². The summed E-state index contributed by atoms with van der Waals surface area (Å²) in [5.74, 6) is 0. The molecule has 1 N–H and O–H groups in total. The van der Waals surface area contributed by atoms with E-state index in [2.05, 4.69) is 42.9 Å². The van der Waals surface area contributed by atoms with Crippen molar-refractivity contribution in [2.45, 2.75) is 53.6 Å². The first-order valence-corrected chi connectivity index (χ1v) is 4.94. The van der Waals surface area contributed by atoms with Crippen molar-refractivity contribution in [2.24, 2.45) is 5.10 Å². The molecule has 0 saturated carbocycles. The van der Waals surface area contributed by atoms with E-state index in [0.29, 0.717) is 12.1 Å². The Balaban J connectivity index is 3.91. The second-order valence-electron chi connectivity index (χ2n) is 4.08. The zero-order valence-electron chi connectivity index (χ0n) is 9.76. The van der Waals surface area contributed by atoms with Crippen molar-refractivity contribution in [3.63, 3.8) is 0 Å². The molecule has 0 saturated heterocycles. The van der Waals surface area contributed by atoms with Crippen LogP contribution in [0, 0.1) is 0 Å². The summed E-state index contributed by atoms with van der Waals surface area (Å²) >= 11 is 0. The van der Waals surface area contributed by atoms with Crippen LogP contribution in [-0.4, -0.2) is 30.2 Å². The molecule has 3 nitrogen and oxygen atoms in total. The van der Waals surface area contributed by atoms with Gasteiger partial charge in [-0.3, -0.25) is 0 Å². The second-order valence-corrected chi connectivity index (χ2v) is 4.08. The monoisotopic (exact) mass is 183 g/mol. The summed E-state index contributed by atoms with van der Waals surface area (Å²) in [6.07, 6.45) is 0. The minimum absolute atomic E-state index is 0.555. The van der Waals surface area contributed by atoms with Crippen molar-refractivity contribution in [3.05, 3.63) is 0 Å². The average Bonchev–Trinajstić information content (AvgIpc) is 1.95. The van der Waals surface area contributed by atoms with E-state index in [0.717, 1.165) is 13.3 Å². The molecule has 0 atom stereocenters. The molecule has 0 heterocycles. The lowest BCUT2D eigenvalue weighted by Gasteiger charge is -2.29. The maximum absolute atomic E-state index is 4.15. The van der Waals surface area contributed by atoms with Crippen LogP contribution in [0.3, 0.4) is 0 Å². The third-order valence-electron chi connectivity index (χ3n) is 1.88. The molecule has 0 aromatic carbocycles. The van der Waals surface area contributed by atoms with Gasteiger partial charge in [0, 0.05) is 5.71 Å². The fourth-order valence-corrected chi connectivity index (χ4v) is 1.24. The van der Waals surface area contributed by atoms with E-state index in [1.54, 1.807) is 0 Å². The highest BCUT2D eigenvalue weighted by molar-refractivity contribution is 6.28. The Bertz CT molecular complexity index is 154. The predicted molar refractivity (Wildman–Crippen MR) is 61.2 cm³/mol. The zero-order valence-corrected chi connectivity index (χ0v) is 9.76. The third-order valence-corrected chi connectivity index (χ3v) is 1.88. The van der Waals surface area contributed by atoms with Gasteiger partial charge in [0.1, 0.15) is 0 Å². The van der Waals surface area contributed by atoms with E-state index < -0.39 is 0 Å². The summed E-state index contributed by atoms with van der Waals surface area (Å²) in [6.45, 7) is 12.8. The van der Waals surface area contributed by atoms with E-state index in [1.807, 2.05) is 13.8 Å². The standard InChI is InChI=1S/C9H22BN3/c1-7(2)11-12-10-13(8(3)4)9(5)6/h8-10,12H,1-6H3. The van der Waals surface area contributed by atoms with Crippen molar-refractivity contribution in [1.29, 1.82) is 0 Å². The molecule has 4 heteroatoms. The van der Waals surface area contributed by atoms with Crippen molar-refractivity contribution in [1.82, 2.24) is 10.1 Å². The average molecular weight is 183 g/mol. The van der Waals surface area contributed by atoms with Gasteiger partial charge in [-0.2, -0.15) is 0 Å². The van der Waals surface area contributed by atoms with Gasteiger partial charge in [0.25, 0.3) is 0 Å². The van der Waals surface area contributed by atoms with Gasteiger partial charge in [-0.25, -0.2) is 5.10 Å². The number of hydrazone groups is 1. The van der Waals surface area contributed by atoms with E-state index >= 15 is 0 Å². The van der Waals surface area contributed by atoms with E-state index in [1.165, 1.54) is 0 Å². The van der Waals surface area contributed by atoms with Crippen LogP contribution in [0.2, 0.25) is 0 Å². The molecule has 0 fully saturated rings. The Kier molecular flexibility index (Phi) is 5.79. The third kappa shape index (κ3) is 5.69. The first-order valence-electron chi connectivity index (χ1n) is 4.94. The van der Waals surface area contributed by atoms with E-state index in [4.69, 9.17) is 0 Å². The quantitative estimate of drug-likeness (QED) is 0.396. The fourth-order valence-electron chi connectivity index (χ4n) is 1.24. The molecule has 13 heavy (non-hydrogen) atoms. The lowest BCUT2D eigenvalue weighted by Crippen LogP contribution is -2.45. The summed E-state index contributed by atoms with van der Waals surface area (Å²) in [4.78, 5) is 2.35. The highest BCUT2D eigenvalue weighted by Gasteiger charge is 2.13. The molecule has 0 aromatic heterocycles. The number of nitrogens with one attached hydrogen (secondary N) is 1. The Morgan fingerprint density at radius 1 is 1.15 bits per heavy atom. The highest BCUT2D eigenvalue weighted by atomic mass is 15.3. The van der Waals surface area contributed by atoms with Gasteiger partial charge >= 0.3 is 7.55 Å². The van der Waals surface area contributed by atoms with E-state index in [-0.39, 0.29) is 0 Å². The summed E-state index contributed by atoms with van der Waals surface area (Å²) in [5, 5.41) is 7.22. The van der Waals surface area contributed by atoms with Gasteiger partial charge in [0.2, 0.25) is 0 Å². The Morgan fingerprint density at radius 2 is 1.62 bits per heavy atom. The van der Waals surface area contributed by atoms with Crippen molar-refractivity contribution in [3.8, 4) is 0 Å². The van der Waals surface area contributed by atoms with Crippen LogP contribution >= 0.6 is 0 Å². The number of hydrogen-bond donors (Lipinski definition) is 1. The molecule has 0 radical (unpaired) electrons. The maximum atomic E-state index is 4.15. The largest absolute Gasteiger partial charge is 0.339 e. The molecule has 0 amide bonds.